The summed E-state index contributed by atoms with van der Waals surface area (Å²) in [6.45, 7) is 7.99. The minimum Gasteiger partial charge on any atom is -0.598 e. The third-order valence-electron chi connectivity index (χ3n) is 3.57. The van der Waals surface area contributed by atoms with Crippen LogP contribution in [0.25, 0.3) is 0 Å². The summed E-state index contributed by atoms with van der Waals surface area (Å²) in [6.07, 6.45) is 0.941. The van der Waals surface area contributed by atoms with Crippen molar-refractivity contribution in [1.82, 2.24) is 4.72 Å². The van der Waals surface area contributed by atoms with Crippen molar-refractivity contribution in [3.8, 4) is 0 Å². The van der Waals surface area contributed by atoms with Crippen molar-refractivity contribution in [1.29, 1.82) is 0 Å². The van der Waals surface area contributed by atoms with Gasteiger partial charge in [-0.05, 0) is 50.8 Å². The zero-order valence-electron chi connectivity index (χ0n) is 13.8. The Morgan fingerprint density at radius 1 is 0.955 bits per heavy atom. The Bertz CT molecular complexity index is 575. The smallest absolute Gasteiger partial charge is 0.136 e. The second-order valence-electron chi connectivity index (χ2n) is 6.62. The number of rotatable bonds is 5. The number of benzene rings is 2. The van der Waals surface area contributed by atoms with E-state index in [1.807, 2.05) is 26.8 Å². The van der Waals surface area contributed by atoms with Crippen molar-refractivity contribution in [3.63, 3.8) is 0 Å². The summed E-state index contributed by atoms with van der Waals surface area (Å²) < 4.78 is 15.1. The second kappa shape index (κ2) is 7.32. The molecule has 2 nitrogen and oxygen atoms in total. The molecule has 0 saturated heterocycles. The van der Waals surface area contributed by atoms with Gasteiger partial charge in [-0.25, -0.2) is 0 Å². The van der Waals surface area contributed by atoms with Crippen LogP contribution in [-0.2, 0) is 17.8 Å². The van der Waals surface area contributed by atoms with E-state index in [2.05, 4.69) is 60.2 Å². The summed E-state index contributed by atoms with van der Waals surface area (Å²) in [5.74, 6) is 0. The van der Waals surface area contributed by atoms with E-state index in [1.54, 1.807) is 0 Å². The third kappa shape index (κ3) is 4.87. The average molecular weight is 315 g/mol. The predicted octanol–water partition coefficient (Wildman–Crippen LogP) is 4.39. The van der Waals surface area contributed by atoms with E-state index >= 15 is 0 Å². The van der Waals surface area contributed by atoms with E-state index in [1.165, 1.54) is 11.1 Å². The predicted molar refractivity (Wildman–Crippen MR) is 95.1 cm³/mol. The molecule has 0 saturated carbocycles. The first kappa shape index (κ1) is 17.1. The first-order valence-corrected chi connectivity index (χ1v) is 8.82. The quantitative estimate of drug-likeness (QED) is 0.831. The molecule has 0 fully saturated rings. The highest BCUT2D eigenvalue weighted by molar-refractivity contribution is 7.90. The van der Waals surface area contributed by atoms with E-state index < -0.39 is 11.4 Å². The van der Waals surface area contributed by atoms with E-state index in [-0.39, 0.29) is 10.8 Å². The summed E-state index contributed by atoms with van der Waals surface area (Å²) in [4.78, 5) is 0. The lowest BCUT2D eigenvalue weighted by Crippen LogP contribution is -2.40. The number of nitrogens with one attached hydrogen (secondary N) is 1. The molecule has 0 spiro atoms. The van der Waals surface area contributed by atoms with Gasteiger partial charge in [0.2, 0.25) is 0 Å². The van der Waals surface area contributed by atoms with Crippen LogP contribution in [0.3, 0.4) is 0 Å². The van der Waals surface area contributed by atoms with E-state index in [9.17, 15) is 4.55 Å². The fourth-order valence-electron chi connectivity index (χ4n) is 2.16. The molecule has 0 radical (unpaired) electrons. The van der Waals surface area contributed by atoms with Gasteiger partial charge in [-0.2, -0.15) is 0 Å². The second-order valence-corrected chi connectivity index (χ2v) is 8.62. The van der Waals surface area contributed by atoms with E-state index in [0.29, 0.717) is 0 Å². The maximum atomic E-state index is 12.2. The van der Waals surface area contributed by atoms with Gasteiger partial charge >= 0.3 is 0 Å². The molecule has 2 atom stereocenters. The Hall–Kier alpha value is -1.29. The molecule has 2 aromatic carbocycles. The maximum absolute atomic E-state index is 12.2. The van der Waals surface area contributed by atoms with Gasteiger partial charge < -0.3 is 4.55 Å². The first-order chi connectivity index (χ1) is 10.4. The Labute approximate surface area is 137 Å². The molecular formula is C19H25NOS. The molecule has 2 aromatic rings. The molecule has 0 bridgehead atoms. The van der Waals surface area contributed by atoms with Crippen LogP contribution < -0.4 is 4.72 Å². The van der Waals surface area contributed by atoms with Gasteiger partial charge in [0.05, 0.1) is 6.04 Å². The molecule has 0 aromatic heterocycles. The zero-order chi connectivity index (χ0) is 16.2. The van der Waals surface area contributed by atoms with Gasteiger partial charge in [-0.3, -0.25) is 0 Å². The maximum Gasteiger partial charge on any atom is 0.136 e. The van der Waals surface area contributed by atoms with Gasteiger partial charge in [-0.15, -0.1) is 4.72 Å². The van der Waals surface area contributed by atoms with Crippen LogP contribution in [0.1, 0.15) is 50.4 Å². The van der Waals surface area contributed by atoms with Gasteiger partial charge in [-0.1, -0.05) is 54.6 Å². The molecule has 0 aliphatic carbocycles. The van der Waals surface area contributed by atoms with Crippen molar-refractivity contribution in [2.75, 3.05) is 0 Å². The van der Waals surface area contributed by atoms with Crippen molar-refractivity contribution < 1.29 is 4.55 Å². The van der Waals surface area contributed by atoms with Crippen LogP contribution in [-0.4, -0.2) is 9.30 Å². The summed E-state index contributed by atoms with van der Waals surface area (Å²) >= 11 is -1.05. The summed E-state index contributed by atoms with van der Waals surface area (Å²) in [5.41, 5.74) is 3.77. The van der Waals surface area contributed by atoms with Gasteiger partial charge in [0, 0.05) is 11.4 Å². The number of hydrogen-bond donors (Lipinski definition) is 1. The summed E-state index contributed by atoms with van der Waals surface area (Å²) in [5, 5.41) is 0. The minimum atomic E-state index is -1.05. The Kier molecular flexibility index (Phi) is 5.68. The van der Waals surface area contributed by atoms with Crippen LogP contribution in [0.4, 0.5) is 0 Å². The summed E-state index contributed by atoms with van der Waals surface area (Å²) in [7, 11) is 0. The molecule has 118 valence electrons. The van der Waals surface area contributed by atoms with Crippen LogP contribution in [0, 0.1) is 0 Å². The third-order valence-corrected chi connectivity index (χ3v) is 5.25. The van der Waals surface area contributed by atoms with Crippen molar-refractivity contribution >= 4 is 11.4 Å². The van der Waals surface area contributed by atoms with Crippen LogP contribution in [0.2, 0.25) is 0 Å². The highest BCUT2D eigenvalue weighted by Gasteiger charge is 2.28. The topological polar surface area (TPSA) is 35.1 Å². The fourth-order valence-corrected chi connectivity index (χ4v) is 2.97. The SMILES string of the molecule is C[C@@H](N[S@+]([O-])C(C)(C)C)c1ccc(Cc2ccccc2)cc1. The molecule has 3 heteroatoms. The van der Waals surface area contributed by atoms with E-state index in [0.717, 1.165) is 12.0 Å². The molecule has 0 aliphatic rings. The normalized spacial score (nSPS) is 14.6. The monoisotopic (exact) mass is 315 g/mol. The van der Waals surface area contributed by atoms with Crippen LogP contribution in [0.5, 0.6) is 0 Å². The van der Waals surface area contributed by atoms with Crippen molar-refractivity contribution in [2.45, 2.75) is 44.9 Å². The lowest BCUT2D eigenvalue weighted by molar-refractivity contribution is 0.531. The molecular weight excluding hydrogens is 290 g/mol. The Balaban J connectivity index is 1.99. The molecule has 0 aliphatic heterocycles. The highest BCUT2D eigenvalue weighted by atomic mass is 32.2. The highest BCUT2D eigenvalue weighted by Crippen LogP contribution is 2.20. The first-order valence-electron chi connectivity index (χ1n) is 7.67. The lowest BCUT2D eigenvalue weighted by atomic mass is 10.0. The lowest BCUT2D eigenvalue weighted by Gasteiger charge is -2.26. The van der Waals surface area contributed by atoms with Gasteiger partial charge in [0.25, 0.3) is 0 Å². The molecule has 0 heterocycles. The number of hydrogen-bond acceptors (Lipinski definition) is 2. The zero-order valence-corrected chi connectivity index (χ0v) is 14.6. The molecule has 2 rings (SSSR count). The van der Waals surface area contributed by atoms with Crippen molar-refractivity contribution in [2.24, 2.45) is 0 Å². The standard InChI is InChI=1S/C19H25NOS/c1-15(20-22(21)19(2,3)4)18-12-10-17(11-13-18)14-16-8-6-5-7-9-16/h5-13,15,20H,14H2,1-4H3/t15-,22-/m1/s1. The van der Waals surface area contributed by atoms with Gasteiger partial charge in [0.1, 0.15) is 4.75 Å². The Morgan fingerprint density at radius 2 is 1.50 bits per heavy atom. The average Bonchev–Trinajstić information content (AvgIpc) is 2.48. The molecule has 1 N–H and O–H groups in total. The van der Waals surface area contributed by atoms with Crippen molar-refractivity contribution in [3.05, 3.63) is 71.3 Å². The van der Waals surface area contributed by atoms with Gasteiger partial charge in [0.15, 0.2) is 0 Å². The van der Waals surface area contributed by atoms with Crippen LogP contribution >= 0.6 is 0 Å². The Morgan fingerprint density at radius 3 is 2.05 bits per heavy atom. The molecule has 0 unspecified atom stereocenters. The summed E-state index contributed by atoms with van der Waals surface area (Å²) in [6, 6.07) is 19.1. The minimum absolute atomic E-state index is 0.0748. The van der Waals surface area contributed by atoms with Crippen LogP contribution in [0.15, 0.2) is 54.6 Å². The largest absolute Gasteiger partial charge is 0.598 e. The molecule has 0 amide bonds. The fraction of sp³-hybridized carbons (Fsp3) is 0.368. The van der Waals surface area contributed by atoms with E-state index in [4.69, 9.17) is 0 Å². The molecule has 22 heavy (non-hydrogen) atoms.